The second kappa shape index (κ2) is 8.00. The number of fused-ring (bicyclic) bond motifs is 4. The number of anilines is 1. The smallest absolute Gasteiger partial charge is 0.328 e. The zero-order valence-electron chi connectivity index (χ0n) is 19.3. The molecule has 1 spiro atoms. The van der Waals surface area contributed by atoms with E-state index in [1.807, 2.05) is 32.0 Å². The number of ether oxygens (including phenoxy) is 1. The second-order valence-electron chi connectivity index (χ2n) is 9.36. The van der Waals surface area contributed by atoms with Crippen LogP contribution in [-0.4, -0.2) is 47.6 Å². The maximum Gasteiger partial charge on any atom is 0.328 e. The lowest BCUT2D eigenvalue weighted by Gasteiger charge is -2.55. The fraction of sp³-hybridized carbons (Fsp3) is 0.308. The number of hydrogen-bond acceptors (Lipinski definition) is 7. The van der Waals surface area contributed by atoms with Crippen molar-refractivity contribution in [3.05, 3.63) is 60.3 Å². The number of rotatable bonds is 2. The lowest BCUT2D eigenvalue weighted by molar-refractivity contribution is -0.153. The molecule has 0 unspecified atom stereocenters. The highest BCUT2D eigenvalue weighted by molar-refractivity contribution is 7.18. The predicted octanol–water partition coefficient (Wildman–Crippen LogP) is 3.37. The molecule has 3 atom stereocenters. The molecule has 0 saturated carbocycles. The number of barbiturate groups is 1. The molecule has 1 aromatic carbocycles. The predicted molar refractivity (Wildman–Crippen MR) is 132 cm³/mol. The number of hydrogen-bond donors (Lipinski definition) is 2. The summed E-state index contributed by atoms with van der Waals surface area (Å²) in [7, 11) is 0. The fourth-order valence-electron chi connectivity index (χ4n) is 5.74. The van der Waals surface area contributed by atoms with Gasteiger partial charge in [0.1, 0.15) is 0 Å². The minimum absolute atomic E-state index is 0.0708. The summed E-state index contributed by atoms with van der Waals surface area (Å²) in [4.78, 5) is 47.2. The second-order valence-corrected chi connectivity index (χ2v) is 10.4. The van der Waals surface area contributed by atoms with Crippen LogP contribution in [0, 0.1) is 5.41 Å². The zero-order valence-corrected chi connectivity index (χ0v) is 20.1. The quantitative estimate of drug-likeness (QED) is 0.537. The first-order chi connectivity index (χ1) is 16.9. The van der Waals surface area contributed by atoms with Gasteiger partial charge in [-0.3, -0.25) is 25.2 Å². The van der Waals surface area contributed by atoms with E-state index in [9.17, 15) is 14.4 Å². The number of aromatic nitrogens is 1. The van der Waals surface area contributed by atoms with Crippen LogP contribution in [0.5, 0.6) is 0 Å². The van der Waals surface area contributed by atoms with Gasteiger partial charge < -0.3 is 9.64 Å². The number of nitrogens with one attached hydrogen (secondary N) is 2. The number of pyridine rings is 1. The number of carbonyl (C=O) groups excluding carboxylic acids is 3. The molecule has 4 amide bonds. The Balaban J connectivity index is 1.45. The molecule has 2 aromatic heterocycles. The van der Waals surface area contributed by atoms with Crippen molar-refractivity contribution >= 4 is 34.9 Å². The normalized spacial score (nSPS) is 25.0. The molecule has 8 nitrogen and oxygen atoms in total. The van der Waals surface area contributed by atoms with Crippen molar-refractivity contribution in [1.82, 2.24) is 15.6 Å². The number of nitrogens with zero attached hydrogens (tertiary/aromatic N) is 2. The molecule has 2 fully saturated rings. The monoisotopic (exact) mass is 488 g/mol. The van der Waals surface area contributed by atoms with Gasteiger partial charge in [-0.2, -0.15) is 0 Å². The Morgan fingerprint density at radius 1 is 1.03 bits per heavy atom. The van der Waals surface area contributed by atoms with Crippen LogP contribution < -0.4 is 15.5 Å². The molecule has 3 aromatic rings. The third kappa shape index (κ3) is 3.37. The molecule has 0 bridgehead atoms. The molecule has 0 radical (unpaired) electrons. The summed E-state index contributed by atoms with van der Waals surface area (Å²) >= 11 is 1.64. The highest BCUT2D eigenvalue weighted by Crippen LogP contribution is 2.48. The first-order valence-electron chi connectivity index (χ1n) is 11.6. The largest absolute Gasteiger partial charge is 0.372 e. The number of imide groups is 2. The average Bonchev–Trinajstić information content (AvgIpc) is 3.33. The van der Waals surface area contributed by atoms with E-state index in [2.05, 4.69) is 50.8 Å². The van der Waals surface area contributed by atoms with Gasteiger partial charge in [0.25, 0.3) is 0 Å². The van der Waals surface area contributed by atoms with Gasteiger partial charge in [-0.1, -0.05) is 12.1 Å². The Bertz CT molecular complexity index is 1330. The number of urea groups is 1. The van der Waals surface area contributed by atoms with Crippen molar-refractivity contribution in [2.24, 2.45) is 5.41 Å². The number of thiophene rings is 1. The number of amides is 4. The highest BCUT2D eigenvalue weighted by Gasteiger charge is 2.62. The lowest BCUT2D eigenvalue weighted by atomic mass is 9.66. The van der Waals surface area contributed by atoms with Crippen molar-refractivity contribution in [2.75, 3.05) is 11.4 Å². The summed E-state index contributed by atoms with van der Waals surface area (Å²) in [5, 5.41) is 4.67. The summed E-state index contributed by atoms with van der Waals surface area (Å²) in [5.74, 6) is -1.15. The third-order valence-corrected chi connectivity index (χ3v) is 8.27. The SMILES string of the molecule is C[C@@H]1CN2c3ccc(-c4ccc(-c5ccccn5)s4)cc3CC3(C(=O)NC(=O)NC3=O)[C@H]2[C@H](C)O1. The van der Waals surface area contributed by atoms with E-state index in [4.69, 9.17) is 4.74 Å². The van der Waals surface area contributed by atoms with Crippen molar-refractivity contribution in [2.45, 2.75) is 38.5 Å². The Morgan fingerprint density at radius 3 is 2.54 bits per heavy atom. The van der Waals surface area contributed by atoms with E-state index in [0.717, 1.165) is 32.3 Å². The van der Waals surface area contributed by atoms with Gasteiger partial charge >= 0.3 is 6.03 Å². The number of carbonyl (C=O) groups is 3. The molecule has 5 heterocycles. The zero-order chi connectivity index (χ0) is 24.3. The lowest BCUT2D eigenvalue weighted by Crippen LogP contribution is -2.75. The molecule has 9 heteroatoms. The average molecular weight is 489 g/mol. The van der Waals surface area contributed by atoms with Crippen LogP contribution in [0.1, 0.15) is 19.4 Å². The Labute approximate surface area is 206 Å². The molecule has 178 valence electrons. The molecule has 2 saturated heterocycles. The summed E-state index contributed by atoms with van der Waals surface area (Å²) in [6, 6.07) is 14.9. The first-order valence-corrected chi connectivity index (χ1v) is 12.4. The first kappa shape index (κ1) is 21.9. The molecule has 35 heavy (non-hydrogen) atoms. The van der Waals surface area contributed by atoms with Crippen LogP contribution in [-0.2, 0) is 20.7 Å². The number of morpholine rings is 1. The van der Waals surface area contributed by atoms with Gasteiger partial charge in [0.2, 0.25) is 11.8 Å². The van der Waals surface area contributed by atoms with Crippen LogP contribution in [0.3, 0.4) is 0 Å². The third-order valence-electron chi connectivity index (χ3n) is 7.12. The van der Waals surface area contributed by atoms with Crippen LogP contribution >= 0.6 is 11.3 Å². The van der Waals surface area contributed by atoms with Crippen LogP contribution in [0.25, 0.3) is 21.0 Å². The molecule has 0 aliphatic carbocycles. The minimum atomic E-state index is -1.46. The molecule has 2 N–H and O–H groups in total. The van der Waals surface area contributed by atoms with Crippen molar-refractivity contribution in [3.63, 3.8) is 0 Å². The van der Waals surface area contributed by atoms with Gasteiger partial charge in [-0.25, -0.2) is 4.79 Å². The van der Waals surface area contributed by atoms with Gasteiger partial charge in [0, 0.05) is 23.3 Å². The van der Waals surface area contributed by atoms with Gasteiger partial charge in [0.05, 0.1) is 28.8 Å². The van der Waals surface area contributed by atoms with E-state index in [1.165, 1.54) is 0 Å². The molecular formula is C26H24N4O4S. The maximum absolute atomic E-state index is 13.3. The molecule has 6 rings (SSSR count). The Kier molecular flexibility index (Phi) is 5.01. The van der Waals surface area contributed by atoms with Gasteiger partial charge in [0.15, 0.2) is 5.41 Å². The Morgan fingerprint density at radius 2 is 1.80 bits per heavy atom. The van der Waals surface area contributed by atoms with E-state index in [0.29, 0.717) is 6.54 Å². The maximum atomic E-state index is 13.3. The highest BCUT2D eigenvalue weighted by atomic mass is 32.1. The van der Waals surface area contributed by atoms with E-state index in [1.54, 1.807) is 17.5 Å². The Hall–Kier alpha value is -3.56. The van der Waals surface area contributed by atoms with Crippen molar-refractivity contribution in [1.29, 1.82) is 0 Å². The standard InChI is InChI=1S/C26H24N4O4S/c1-14-13-30-19-7-6-16(20-8-9-21(35-20)18-5-3-4-10-27-18)11-17(19)12-26(22(30)15(2)34-14)23(31)28-25(33)29-24(26)32/h3-11,14-15,22H,12-13H2,1-2H3,(H2,28,29,31,32,33)/t14-,15+,22-/m1/s1. The summed E-state index contributed by atoms with van der Waals surface area (Å²) in [6.07, 6.45) is 1.51. The summed E-state index contributed by atoms with van der Waals surface area (Å²) < 4.78 is 6.07. The fourth-order valence-corrected chi connectivity index (χ4v) is 6.72. The molecular weight excluding hydrogens is 464 g/mol. The topological polar surface area (TPSA) is 101 Å². The van der Waals surface area contributed by atoms with E-state index >= 15 is 0 Å². The molecule has 3 aliphatic rings. The van der Waals surface area contributed by atoms with Crippen molar-refractivity contribution in [3.8, 4) is 21.0 Å². The van der Waals surface area contributed by atoms with Crippen molar-refractivity contribution < 1.29 is 19.1 Å². The number of benzene rings is 1. The summed E-state index contributed by atoms with van der Waals surface area (Å²) in [6.45, 7) is 4.41. The summed E-state index contributed by atoms with van der Waals surface area (Å²) in [5.41, 5.74) is 2.35. The molecule has 3 aliphatic heterocycles. The van der Waals surface area contributed by atoms with E-state index < -0.39 is 29.3 Å². The minimum Gasteiger partial charge on any atom is -0.372 e. The van der Waals surface area contributed by atoms with Crippen LogP contribution in [0.2, 0.25) is 0 Å². The van der Waals surface area contributed by atoms with Crippen LogP contribution in [0.4, 0.5) is 10.5 Å². The van der Waals surface area contributed by atoms with Crippen LogP contribution in [0.15, 0.2) is 54.7 Å². The van der Waals surface area contributed by atoms with E-state index in [-0.39, 0.29) is 18.6 Å². The van der Waals surface area contributed by atoms with Gasteiger partial charge in [-0.15, -0.1) is 11.3 Å². The van der Waals surface area contributed by atoms with Gasteiger partial charge in [-0.05, 0) is 67.8 Å².